The molecule has 0 aliphatic carbocycles. The van der Waals surface area contributed by atoms with Gasteiger partial charge < -0.3 is 0 Å². The van der Waals surface area contributed by atoms with Gasteiger partial charge >= 0.3 is 6.18 Å². The fraction of sp³-hybridized carbons (Fsp3) is 0.0714. The van der Waals surface area contributed by atoms with Gasteiger partial charge in [-0.3, -0.25) is 15.1 Å². The second-order valence-electron chi connectivity index (χ2n) is 4.29. The third-order valence-corrected chi connectivity index (χ3v) is 2.92. The summed E-state index contributed by atoms with van der Waals surface area (Å²) in [5.74, 6) is 0. The summed E-state index contributed by atoms with van der Waals surface area (Å²) in [5, 5.41) is 0.634. The summed E-state index contributed by atoms with van der Waals surface area (Å²) in [6, 6.07) is 8.95. The molecule has 0 spiro atoms. The van der Waals surface area contributed by atoms with Crippen molar-refractivity contribution in [3.8, 4) is 0 Å². The number of alkyl halides is 3. The summed E-state index contributed by atoms with van der Waals surface area (Å²) in [5.41, 5.74) is 3.38. The lowest BCUT2D eigenvalue weighted by atomic mass is 10.1. The highest BCUT2D eigenvalue weighted by atomic mass is 19.4. The Hall–Kier alpha value is -2.50. The molecule has 20 heavy (non-hydrogen) atoms. The summed E-state index contributed by atoms with van der Waals surface area (Å²) in [6.07, 6.45) is 0.723. The average Bonchev–Trinajstić information content (AvgIpc) is 2.90. The SMILES string of the molecule is FC(F)(F)c1ccc2c(Nn3cccc3)ccnc2c1. The predicted molar refractivity (Wildman–Crippen MR) is 70.2 cm³/mol. The fourth-order valence-corrected chi connectivity index (χ4v) is 1.97. The molecular weight excluding hydrogens is 267 g/mol. The van der Waals surface area contributed by atoms with Crippen molar-refractivity contribution in [3.63, 3.8) is 0 Å². The number of anilines is 1. The molecule has 6 heteroatoms. The number of aromatic nitrogens is 2. The van der Waals surface area contributed by atoms with E-state index in [0.29, 0.717) is 16.6 Å². The van der Waals surface area contributed by atoms with Crippen molar-refractivity contribution in [3.05, 3.63) is 60.6 Å². The van der Waals surface area contributed by atoms with Gasteiger partial charge in [0, 0.05) is 24.0 Å². The first-order valence-electron chi connectivity index (χ1n) is 5.90. The Morgan fingerprint density at radius 3 is 2.50 bits per heavy atom. The largest absolute Gasteiger partial charge is 0.416 e. The highest BCUT2D eigenvalue weighted by molar-refractivity contribution is 5.91. The molecule has 102 valence electrons. The molecule has 1 N–H and O–H groups in total. The van der Waals surface area contributed by atoms with Gasteiger partial charge in [0.1, 0.15) is 0 Å². The zero-order valence-electron chi connectivity index (χ0n) is 10.2. The Balaban J connectivity index is 2.07. The molecule has 3 rings (SSSR count). The van der Waals surface area contributed by atoms with E-state index in [-0.39, 0.29) is 0 Å². The number of nitrogens with zero attached hydrogens (tertiary/aromatic N) is 2. The van der Waals surface area contributed by atoms with Crippen molar-refractivity contribution in [2.45, 2.75) is 6.18 Å². The van der Waals surface area contributed by atoms with E-state index in [1.807, 2.05) is 12.1 Å². The van der Waals surface area contributed by atoms with Crippen LogP contribution in [-0.4, -0.2) is 9.66 Å². The number of rotatable bonds is 2. The zero-order chi connectivity index (χ0) is 14.2. The van der Waals surface area contributed by atoms with Crippen molar-refractivity contribution in [1.82, 2.24) is 9.66 Å². The molecule has 3 aromatic rings. The second-order valence-corrected chi connectivity index (χ2v) is 4.29. The van der Waals surface area contributed by atoms with E-state index in [2.05, 4.69) is 10.4 Å². The van der Waals surface area contributed by atoms with E-state index < -0.39 is 11.7 Å². The van der Waals surface area contributed by atoms with E-state index in [1.54, 1.807) is 23.1 Å². The minimum Gasteiger partial charge on any atom is -0.294 e. The van der Waals surface area contributed by atoms with Crippen LogP contribution in [0.3, 0.4) is 0 Å². The predicted octanol–water partition coefficient (Wildman–Crippen LogP) is 3.93. The normalized spacial score (nSPS) is 11.8. The number of pyridine rings is 1. The smallest absolute Gasteiger partial charge is 0.294 e. The van der Waals surface area contributed by atoms with Crippen molar-refractivity contribution < 1.29 is 13.2 Å². The molecule has 0 saturated heterocycles. The molecule has 0 aliphatic heterocycles. The van der Waals surface area contributed by atoms with Crippen LogP contribution in [0.25, 0.3) is 10.9 Å². The molecule has 0 aliphatic rings. The molecule has 0 radical (unpaired) electrons. The Morgan fingerprint density at radius 1 is 1.05 bits per heavy atom. The third kappa shape index (κ3) is 2.32. The number of hydrogen-bond donors (Lipinski definition) is 1. The summed E-state index contributed by atoms with van der Waals surface area (Å²) >= 11 is 0. The Morgan fingerprint density at radius 2 is 1.80 bits per heavy atom. The number of nitrogens with one attached hydrogen (secondary N) is 1. The minimum absolute atomic E-state index is 0.303. The van der Waals surface area contributed by atoms with E-state index >= 15 is 0 Å². The van der Waals surface area contributed by atoms with Crippen molar-refractivity contribution in [2.75, 3.05) is 5.43 Å². The van der Waals surface area contributed by atoms with Crippen molar-refractivity contribution in [2.24, 2.45) is 0 Å². The monoisotopic (exact) mass is 277 g/mol. The van der Waals surface area contributed by atoms with E-state index in [1.165, 1.54) is 12.3 Å². The van der Waals surface area contributed by atoms with Gasteiger partial charge in [-0.15, -0.1) is 0 Å². The molecule has 3 nitrogen and oxygen atoms in total. The van der Waals surface area contributed by atoms with Crippen LogP contribution in [0.15, 0.2) is 55.0 Å². The molecule has 0 atom stereocenters. The second kappa shape index (κ2) is 4.56. The number of hydrogen-bond acceptors (Lipinski definition) is 2. The maximum absolute atomic E-state index is 12.7. The lowest BCUT2D eigenvalue weighted by Gasteiger charge is -2.12. The van der Waals surface area contributed by atoms with E-state index in [4.69, 9.17) is 0 Å². The maximum atomic E-state index is 12.7. The number of fused-ring (bicyclic) bond motifs is 1. The third-order valence-electron chi connectivity index (χ3n) is 2.92. The van der Waals surface area contributed by atoms with Gasteiger partial charge in [-0.1, -0.05) is 6.07 Å². The Kier molecular flexibility index (Phi) is 2.85. The Labute approximate surface area is 112 Å². The highest BCUT2D eigenvalue weighted by Crippen LogP contribution is 2.32. The first-order valence-corrected chi connectivity index (χ1v) is 5.90. The van der Waals surface area contributed by atoms with Gasteiger partial charge in [-0.25, -0.2) is 0 Å². The van der Waals surface area contributed by atoms with Gasteiger partial charge in [0.2, 0.25) is 0 Å². The van der Waals surface area contributed by atoms with Crippen LogP contribution in [0.4, 0.5) is 18.9 Å². The molecule has 1 aromatic carbocycles. The molecule has 0 fully saturated rings. The molecule has 2 heterocycles. The maximum Gasteiger partial charge on any atom is 0.416 e. The molecular formula is C14H10F3N3. The standard InChI is InChI=1S/C14H10F3N3/c15-14(16,17)10-3-4-11-12(5-6-18-13(11)9-10)19-20-7-1-2-8-20/h1-9H,(H,18,19). The van der Waals surface area contributed by atoms with Crippen LogP contribution >= 0.6 is 0 Å². The minimum atomic E-state index is -4.36. The fourth-order valence-electron chi connectivity index (χ4n) is 1.97. The van der Waals surface area contributed by atoms with Crippen molar-refractivity contribution in [1.29, 1.82) is 0 Å². The average molecular weight is 277 g/mol. The van der Waals surface area contributed by atoms with Crippen LogP contribution < -0.4 is 5.43 Å². The van der Waals surface area contributed by atoms with Crippen LogP contribution in [0.1, 0.15) is 5.56 Å². The summed E-state index contributed by atoms with van der Waals surface area (Å²) < 4.78 is 39.7. The quantitative estimate of drug-likeness (QED) is 0.769. The molecule has 0 amide bonds. The van der Waals surface area contributed by atoms with Crippen LogP contribution in [0, 0.1) is 0 Å². The summed E-state index contributed by atoms with van der Waals surface area (Å²) in [7, 11) is 0. The van der Waals surface area contributed by atoms with Gasteiger partial charge in [-0.2, -0.15) is 13.2 Å². The van der Waals surface area contributed by atoms with Gasteiger partial charge in [0.15, 0.2) is 0 Å². The van der Waals surface area contributed by atoms with Gasteiger partial charge in [0.05, 0.1) is 16.8 Å². The van der Waals surface area contributed by atoms with Crippen LogP contribution in [0.5, 0.6) is 0 Å². The van der Waals surface area contributed by atoms with Gasteiger partial charge in [-0.05, 0) is 30.3 Å². The number of halogens is 3. The first kappa shape index (κ1) is 12.5. The van der Waals surface area contributed by atoms with E-state index in [9.17, 15) is 13.2 Å². The van der Waals surface area contributed by atoms with Gasteiger partial charge in [0.25, 0.3) is 0 Å². The summed E-state index contributed by atoms with van der Waals surface area (Å²) in [4.78, 5) is 4.00. The highest BCUT2D eigenvalue weighted by Gasteiger charge is 2.30. The Bertz CT molecular complexity index is 733. The van der Waals surface area contributed by atoms with Crippen LogP contribution in [-0.2, 0) is 6.18 Å². The number of benzene rings is 1. The zero-order valence-corrected chi connectivity index (χ0v) is 10.2. The lowest BCUT2D eigenvalue weighted by Crippen LogP contribution is -2.07. The summed E-state index contributed by atoms with van der Waals surface area (Å²) in [6.45, 7) is 0. The van der Waals surface area contributed by atoms with Crippen LogP contribution in [0.2, 0.25) is 0 Å². The first-order chi connectivity index (χ1) is 9.54. The molecule has 0 unspecified atom stereocenters. The molecule has 0 bridgehead atoms. The topological polar surface area (TPSA) is 29.9 Å². The lowest BCUT2D eigenvalue weighted by molar-refractivity contribution is -0.137. The van der Waals surface area contributed by atoms with Crippen molar-refractivity contribution >= 4 is 16.6 Å². The molecule has 2 aromatic heterocycles. The van der Waals surface area contributed by atoms with E-state index in [0.717, 1.165) is 12.1 Å². The molecule has 0 saturated carbocycles.